The Kier molecular flexibility index (Phi) is 8.28. The van der Waals surface area contributed by atoms with Gasteiger partial charge in [-0.15, -0.1) is 5.10 Å². The number of hydrogen-bond acceptors (Lipinski definition) is 5. The molecule has 0 fully saturated rings. The quantitative estimate of drug-likeness (QED) is 0.200. The summed E-state index contributed by atoms with van der Waals surface area (Å²) in [4.78, 5) is 17.3. The molecular formula is C30H23Cl2FN4O3. The largest absolute Gasteiger partial charge is 0.497 e. The minimum absolute atomic E-state index is 0.0577. The van der Waals surface area contributed by atoms with Crippen molar-refractivity contribution in [2.75, 3.05) is 19.0 Å². The van der Waals surface area contributed by atoms with Crippen LogP contribution in [0.15, 0.2) is 91.0 Å². The minimum Gasteiger partial charge on any atom is -0.497 e. The molecule has 1 amide bonds. The fourth-order valence-corrected chi connectivity index (χ4v) is 4.27. The molecule has 10 heteroatoms. The van der Waals surface area contributed by atoms with E-state index in [0.717, 1.165) is 11.3 Å². The van der Waals surface area contributed by atoms with E-state index in [-0.39, 0.29) is 11.6 Å². The Bertz CT molecular complexity index is 1660. The molecule has 5 aromatic rings. The lowest BCUT2D eigenvalue weighted by molar-refractivity contribution is 0.102. The van der Waals surface area contributed by atoms with E-state index in [2.05, 4.69) is 15.4 Å². The number of ether oxygens (including phenoxy) is 2. The molecule has 5 rings (SSSR count). The van der Waals surface area contributed by atoms with Gasteiger partial charge in [-0.3, -0.25) is 4.79 Å². The normalized spacial score (nSPS) is 10.8. The first-order chi connectivity index (χ1) is 19.4. The number of methoxy groups -OCH3 is 1. The molecule has 0 spiro atoms. The van der Waals surface area contributed by atoms with Crippen LogP contribution in [-0.2, 0) is 6.42 Å². The fraction of sp³-hybridized carbons (Fsp3) is 0.100. The van der Waals surface area contributed by atoms with Crippen molar-refractivity contribution in [1.82, 2.24) is 14.8 Å². The number of anilines is 1. The van der Waals surface area contributed by atoms with E-state index >= 15 is 0 Å². The lowest BCUT2D eigenvalue weighted by Gasteiger charge is -2.10. The van der Waals surface area contributed by atoms with E-state index in [4.69, 9.17) is 32.7 Å². The van der Waals surface area contributed by atoms with Crippen molar-refractivity contribution in [3.8, 4) is 28.8 Å². The van der Waals surface area contributed by atoms with Gasteiger partial charge in [0.2, 0.25) is 0 Å². The van der Waals surface area contributed by atoms with Crippen LogP contribution in [-0.4, -0.2) is 34.4 Å². The predicted octanol–water partition coefficient (Wildman–Crippen LogP) is 7.26. The molecule has 0 saturated carbocycles. The fourth-order valence-electron chi connectivity index (χ4n) is 3.97. The minimum atomic E-state index is -0.606. The summed E-state index contributed by atoms with van der Waals surface area (Å²) in [6.45, 7) is 0.343. The Morgan fingerprint density at radius 2 is 1.75 bits per heavy atom. The lowest BCUT2D eigenvalue weighted by Crippen LogP contribution is -2.14. The van der Waals surface area contributed by atoms with Crippen molar-refractivity contribution in [2.24, 2.45) is 0 Å². The first kappa shape index (κ1) is 27.2. The summed E-state index contributed by atoms with van der Waals surface area (Å²) >= 11 is 12.4. The van der Waals surface area contributed by atoms with E-state index < -0.39 is 11.7 Å². The monoisotopic (exact) mass is 576 g/mol. The van der Waals surface area contributed by atoms with Gasteiger partial charge in [-0.05, 0) is 66.2 Å². The van der Waals surface area contributed by atoms with Gasteiger partial charge in [0.15, 0.2) is 5.82 Å². The summed E-state index contributed by atoms with van der Waals surface area (Å²) in [7, 11) is 1.62. The maximum atomic E-state index is 14.1. The van der Waals surface area contributed by atoms with Gasteiger partial charge in [-0.25, -0.2) is 9.07 Å². The summed E-state index contributed by atoms with van der Waals surface area (Å²) < 4.78 is 26.8. The number of carbonyl (C=O) groups is 1. The third-order valence-electron chi connectivity index (χ3n) is 6.01. The molecular weight excluding hydrogens is 554 g/mol. The standard InChI is InChI=1S/C30H23Cl2FN4O3/c1-39-23-12-9-19(10-13-23)15-16-40-30-35-28(20-11-14-25(31)26(32)17-20)37(36-30)22-6-4-5-21(18-22)34-29(38)24-7-2-3-8-27(24)33/h2-14,17-18H,15-16H2,1H3,(H,34,38). The van der Waals surface area contributed by atoms with Gasteiger partial charge in [-0.1, -0.05) is 53.5 Å². The number of nitrogens with zero attached hydrogens (tertiary/aromatic N) is 3. The van der Waals surface area contributed by atoms with Crippen molar-refractivity contribution >= 4 is 34.8 Å². The highest BCUT2D eigenvalue weighted by Gasteiger charge is 2.17. The second-order valence-electron chi connectivity index (χ2n) is 8.69. The van der Waals surface area contributed by atoms with E-state index in [1.165, 1.54) is 18.2 Å². The maximum Gasteiger partial charge on any atom is 0.336 e. The molecule has 0 unspecified atom stereocenters. The third kappa shape index (κ3) is 6.25. The number of aromatic nitrogens is 3. The Hall–Kier alpha value is -4.40. The van der Waals surface area contributed by atoms with E-state index in [0.29, 0.717) is 45.8 Å². The number of nitrogens with one attached hydrogen (secondary N) is 1. The second kappa shape index (κ2) is 12.2. The molecule has 40 heavy (non-hydrogen) atoms. The van der Waals surface area contributed by atoms with Gasteiger partial charge >= 0.3 is 6.01 Å². The van der Waals surface area contributed by atoms with Gasteiger partial charge in [-0.2, -0.15) is 4.98 Å². The molecule has 1 heterocycles. The number of benzene rings is 4. The Morgan fingerprint density at radius 3 is 2.50 bits per heavy atom. The zero-order valence-corrected chi connectivity index (χ0v) is 22.8. The number of rotatable bonds is 9. The van der Waals surface area contributed by atoms with Crippen LogP contribution in [0.4, 0.5) is 10.1 Å². The van der Waals surface area contributed by atoms with Crippen LogP contribution in [0.3, 0.4) is 0 Å². The maximum absolute atomic E-state index is 14.1. The molecule has 0 saturated heterocycles. The summed E-state index contributed by atoms with van der Waals surface area (Å²) in [5.74, 6) is 0.0612. The smallest absolute Gasteiger partial charge is 0.336 e. The summed E-state index contributed by atoms with van der Waals surface area (Å²) in [5.41, 5.74) is 2.71. The molecule has 202 valence electrons. The molecule has 1 aromatic heterocycles. The highest BCUT2D eigenvalue weighted by Crippen LogP contribution is 2.30. The van der Waals surface area contributed by atoms with Gasteiger partial charge in [0.25, 0.3) is 5.91 Å². The van der Waals surface area contributed by atoms with Crippen molar-refractivity contribution in [1.29, 1.82) is 0 Å². The highest BCUT2D eigenvalue weighted by molar-refractivity contribution is 6.42. The van der Waals surface area contributed by atoms with Crippen molar-refractivity contribution in [2.45, 2.75) is 6.42 Å². The number of amides is 1. The van der Waals surface area contributed by atoms with Gasteiger partial charge in [0.05, 0.1) is 35.0 Å². The van der Waals surface area contributed by atoms with Crippen LogP contribution >= 0.6 is 23.2 Å². The van der Waals surface area contributed by atoms with Gasteiger partial charge in [0.1, 0.15) is 11.6 Å². The summed E-state index contributed by atoms with van der Waals surface area (Å²) in [6.07, 6.45) is 0.637. The Labute approximate surface area is 240 Å². The van der Waals surface area contributed by atoms with Crippen LogP contribution in [0.2, 0.25) is 10.0 Å². The summed E-state index contributed by atoms with van der Waals surface area (Å²) in [5, 5.41) is 8.08. The van der Waals surface area contributed by atoms with Crippen LogP contribution in [0.5, 0.6) is 11.8 Å². The number of hydrogen-bond donors (Lipinski definition) is 1. The van der Waals surface area contributed by atoms with E-state index in [9.17, 15) is 9.18 Å². The number of halogens is 3. The Balaban J connectivity index is 1.42. The second-order valence-corrected chi connectivity index (χ2v) is 9.50. The molecule has 0 atom stereocenters. The van der Waals surface area contributed by atoms with Crippen molar-refractivity contribution in [3.63, 3.8) is 0 Å². The summed E-state index contributed by atoms with van der Waals surface area (Å²) in [6, 6.07) is 25.8. The first-order valence-electron chi connectivity index (χ1n) is 12.3. The Morgan fingerprint density at radius 1 is 0.950 bits per heavy atom. The predicted molar refractivity (Wildman–Crippen MR) is 153 cm³/mol. The lowest BCUT2D eigenvalue weighted by atomic mass is 10.1. The SMILES string of the molecule is COc1ccc(CCOc2nc(-c3ccc(Cl)c(Cl)c3)n(-c3cccc(NC(=O)c4ccccc4F)c3)n2)cc1. The first-order valence-corrected chi connectivity index (χ1v) is 13.0. The van der Waals surface area contributed by atoms with Gasteiger partial charge < -0.3 is 14.8 Å². The molecule has 1 N–H and O–H groups in total. The molecule has 0 aliphatic carbocycles. The van der Waals surface area contributed by atoms with E-state index in [1.807, 2.05) is 24.3 Å². The molecule has 7 nitrogen and oxygen atoms in total. The molecule has 0 aliphatic rings. The van der Waals surface area contributed by atoms with Crippen LogP contribution in [0.25, 0.3) is 17.1 Å². The van der Waals surface area contributed by atoms with Crippen molar-refractivity contribution in [3.05, 3.63) is 118 Å². The molecule has 0 radical (unpaired) electrons. The molecule has 0 bridgehead atoms. The highest BCUT2D eigenvalue weighted by atomic mass is 35.5. The number of carbonyl (C=O) groups excluding carboxylic acids is 1. The van der Waals surface area contributed by atoms with Crippen LogP contribution in [0.1, 0.15) is 15.9 Å². The van der Waals surface area contributed by atoms with Crippen LogP contribution < -0.4 is 14.8 Å². The zero-order chi connectivity index (χ0) is 28.1. The topological polar surface area (TPSA) is 78.3 Å². The van der Waals surface area contributed by atoms with E-state index in [1.54, 1.807) is 60.3 Å². The zero-order valence-electron chi connectivity index (χ0n) is 21.3. The third-order valence-corrected chi connectivity index (χ3v) is 6.75. The average molecular weight is 577 g/mol. The molecule has 0 aliphatic heterocycles. The average Bonchev–Trinajstić information content (AvgIpc) is 3.39. The van der Waals surface area contributed by atoms with Crippen LogP contribution in [0, 0.1) is 5.82 Å². The van der Waals surface area contributed by atoms with Crippen molar-refractivity contribution < 1.29 is 18.7 Å². The molecule has 4 aromatic carbocycles. The van der Waals surface area contributed by atoms with Gasteiger partial charge in [0, 0.05) is 17.7 Å².